The van der Waals surface area contributed by atoms with E-state index in [1.165, 1.54) is 19.3 Å². The standard InChI is InChI=1S/C11H16O/c12-11-6-2-5-9-3-1-4-10(9)7-8-11/h5,10H,1-4,6-8H2/b9-5-/t10-/m0/s1. The van der Waals surface area contributed by atoms with Crippen molar-refractivity contribution in [2.75, 3.05) is 0 Å². The highest BCUT2D eigenvalue weighted by molar-refractivity contribution is 5.78. The number of carbonyl (C=O) groups is 1. The van der Waals surface area contributed by atoms with Crippen molar-refractivity contribution in [2.45, 2.75) is 44.9 Å². The van der Waals surface area contributed by atoms with Gasteiger partial charge in [-0.3, -0.25) is 4.79 Å². The van der Waals surface area contributed by atoms with Crippen molar-refractivity contribution in [3.63, 3.8) is 0 Å². The van der Waals surface area contributed by atoms with E-state index in [2.05, 4.69) is 6.08 Å². The Labute approximate surface area is 73.8 Å². The highest BCUT2D eigenvalue weighted by Gasteiger charge is 2.22. The predicted molar refractivity (Wildman–Crippen MR) is 48.9 cm³/mol. The average Bonchev–Trinajstić information content (AvgIpc) is 2.45. The van der Waals surface area contributed by atoms with Gasteiger partial charge in [-0.2, -0.15) is 0 Å². The van der Waals surface area contributed by atoms with Crippen LogP contribution in [0.4, 0.5) is 0 Å². The van der Waals surface area contributed by atoms with Crippen LogP contribution in [0.3, 0.4) is 0 Å². The van der Waals surface area contributed by atoms with Gasteiger partial charge in [0.25, 0.3) is 0 Å². The molecular weight excluding hydrogens is 148 g/mol. The van der Waals surface area contributed by atoms with Crippen LogP contribution >= 0.6 is 0 Å². The molecule has 1 heteroatoms. The van der Waals surface area contributed by atoms with Gasteiger partial charge in [-0.05, 0) is 38.0 Å². The molecule has 66 valence electrons. The largest absolute Gasteiger partial charge is 0.300 e. The first kappa shape index (κ1) is 8.03. The van der Waals surface area contributed by atoms with Crippen LogP contribution in [-0.4, -0.2) is 5.78 Å². The first-order valence-corrected chi connectivity index (χ1v) is 5.07. The van der Waals surface area contributed by atoms with E-state index >= 15 is 0 Å². The normalized spacial score (nSPS) is 34.8. The fourth-order valence-corrected chi connectivity index (χ4v) is 2.42. The molecule has 0 radical (unpaired) electrons. The monoisotopic (exact) mass is 164 g/mol. The molecule has 0 N–H and O–H groups in total. The van der Waals surface area contributed by atoms with Crippen LogP contribution in [0.2, 0.25) is 0 Å². The summed E-state index contributed by atoms with van der Waals surface area (Å²) in [6.07, 6.45) is 10.1. The Hall–Kier alpha value is -0.590. The first-order chi connectivity index (χ1) is 5.86. The Balaban J connectivity index is 2.08. The maximum Gasteiger partial charge on any atom is 0.133 e. The summed E-state index contributed by atoms with van der Waals surface area (Å²) in [6.45, 7) is 0. The second-order valence-corrected chi connectivity index (χ2v) is 3.98. The summed E-state index contributed by atoms with van der Waals surface area (Å²) in [7, 11) is 0. The molecule has 0 heterocycles. The van der Waals surface area contributed by atoms with E-state index in [1.807, 2.05) is 0 Å². The van der Waals surface area contributed by atoms with E-state index in [-0.39, 0.29) is 0 Å². The van der Waals surface area contributed by atoms with Crippen molar-refractivity contribution in [2.24, 2.45) is 5.92 Å². The number of ketones is 1. The lowest BCUT2D eigenvalue weighted by Crippen LogP contribution is -2.06. The van der Waals surface area contributed by atoms with E-state index in [0.717, 1.165) is 31.6 Å². The molecular formula is C11H16O. The molecule has 0 aromatic rings. The maximum atomic E-state index is 11.2. The van der Waals surface area contributed by atoms with Gasteiger partial charge in [0.2, 0.25) is 0 Å². The molecule has 2 aliphatic carbocycles. The van der Waals surface area contributed by atoms with Gasteiger partial charge >= 0.3 is 0 Å². The Morgan fingerprint density at radius 1 is 1.17 bits per heavy atom. The van der Waals surface area contributed by atoms with Gasteiger partial charge in [0.15, 0.2) is 0 Å². The molecule has 0 bridgehead atoms. The topological polar surface area (TPSA) is 17.1 Å². The van der Waals surface area contributed by atoms with Gasteiger partial charge in [0, 0.05) is 12.8 Å². The van der Waals surface area contributed by atoms with Gasteiger partial charge in [0.1, 0.15) is 5.78 Å². The number of hydrogen-bond acceptors (Lipinski definition) is 1. The lowest BCUT2D eigenvalue weighted by atomic mass is 9.91. The summed E-state index contributed by atoms with van der Waals surface area (Å²) in [5, 5.41) is 0. The van der Waals surface area contributed by atoms with Crippen LogP contribution in [0.1, 0.15) is 44.9 Å². The predicted octanol–water partition coefficient (Wildman–Crippen LogP) is 2.86. The molecule has 0 aliphatic heterocycles. The van der Waals surface area contributed by atoms with Crippen molar-refractivity contribution >= 4 is 5.78 Å². The molecule has 1 saturated carbocycles. The number of hydrogen-bond donors (Lipinski definition) is 0. The molecule has 2 aliphatic rings. The molecule has 0 saturated heterocycles. The molecule has 0 amide bonds. The van der Waals surface area contributed by atoms with Crippen molar-refractivity contribution in [1.29, 1.82) is 0 Å². The van der Waals surface area contributed by atoms with Crippen molar-refractivity contribution in [3.8, 4) is 0 Å². The highest BCUT2D eigenvalue weighted by atomic mass is 16.1. The summed E-state index contributed by atoms with van der Waals surface area (Å²) in [5.74, 6) is 1.24. The van der Waals surface area contributed by atoms with E-state index in [9.17, 15) is 4.79 Å². The summed E-state index contributed by atoms with van der Waals surface area (Å²) in [6, 6.07) is 0. The number of allylic oxidation sites excluding steroid dienone is 2. The lowest BCUT2D eigenvalue weighted by molar-refractivity contribution is -0.119. The SMILES string of the molecule is O=C1CC/C=C2/CCC[C@H]2CC1. The smallest absolute Gasteiger partial charge is 0.133 e. The summed E-state index contributed by atoms with van der Waals surface area (Å²) in [5.41, 5.74) is 1.66. The van der Waals surface area contributed by atoms with Gasteiger partial charge in [0.05, 0.1) is 0 Å². The van der Waals surface area contributed by atoms with Gasteiger partial charge in [-0.15, -0.1) is 0 Å². The summed E-state index contributed by atoms with van der Waals surface area (Å²) in [4.78, 5) is 11.2. The third-order valence-corrected chi connectivity index (χ3v) is 3.14. The average molecular weight is 164 g/mol. The lowest BCUT2D eigenvalue weighted by Gasteiger charge is -2.14. The third-order valence-electron chi connectivity index (χ3n) is 3.14. The van der Waals surface area contributed by atoms with Crippen LogP contribution in [-0.2, 0) is 4.79 Å². The second-order valence-electron chi connectivity index (χ2n) is 3.98. The van der Waals surface area contributed by atoms with Crippen LogP contribution in [0, 0.1) is 5.92 Å². The zero-order valence-corrected chi connectivity index (χ0v) is 7.51. The van der Waals surface area contributed by atoms with Crippen LogP contribution in [0.25, 0.3) is 0 Å². The van der Waals surface area contributed by atoms with Gasteiger partial charge in [-0.1, -0.05) is 11.6 Å². The first-order valence-electron chi connectivity index (χ1n) is 5.07. The molecule has 0 spiro atoms. The molecule has 0 aromatic heterocycles. The van der Waals surface area contributed by atoms with Gasteiger partial charge in [-0.25, -0.2) is 0 Å². The Bertz CT molecular complexity index is 215. The van der Waals surface area contributed by atoms with Crippen LogP contribution in [0.5, 0.6) is 0 Å². The van der Waals surface area contributed by atoms with Crippen molar-refractivity contribution < 1.29 is 4.79 Å². The third kappa shape index (κ3) is 1.60. The zero-order valence-electron chi connectivity index (χ0n) is 7.51. The number of rotatable bonds is 0. The van der Waals surface area contributed by atoms with E-state index in [1.54, 1.807) is 5.57 Å². The van der Waals surface area contributed by atoms with Crippen LogP contribution < -0.4 is 0 Å². The molecule has 2 rings (SSSR count). The van der Waals surface area contributed by atoms with E-state index in [0.29, 0.717) is 5.78 Å². The molecule has 1 nitrogen and oxygen atoms in total. The second kappa shape index (κ2) is 3.42. The van der Waals surface area contributed by atoms with Crippen molar-refractivity contribution in [1.82, 2.24) is 0 Å². The Morgan fingerprint density at radius 3 is 3.00 bits per heavy atom. The van der Waals surface area contributed by atoms with Gasteiger partial charge < -0.3 is 0 Å². The summed E-state index contributed by atoms with van der Waals surface area (Å²) >= 11 is 0. The van der Waals surface area contributed by atoms with Crippen molar-refractivity contribution in [3.05, 3.63) is 11.6 Å². The Kier molecular flexibility index (Phi) is 2.29. The molecule has 0 aromatic carbocycles. The maximum absolute atomic E-state index is 11.2. The molecule has 12 heavy (non-hydrogen) atoms. The minimum atomic E-state index is 0.470. The molecule has 1 fully saturated rings. The fourth-order valence-electron chi connectivity index (χ4n) is 2.42. The number of fused-ring (bicyclic) bond motifs is 1. The summed E-state index contributed by atoms with van der Waals surface area (Å²) < 4.78 is 0. The van der Waals surface area contributed by atoms with E-state index in [4.69, 9.17) is 0 Å². The minimum Gasteiger partial charge on any atom is -0.300 e. The Morgan fingerprint density at radius 2 is 2.08 bits per heavy atom. The molecule has 0 unspecified atom stereocenters. The quantitative estimate of drug-likeness (QED) is 0.503. The zero-order chi connectivity index (χ0) is 8.39. The number of Topliss-reactive ketones (excluding diaryl/α,β-unsaturated/α-hetero) is 1. The van der Waals surface area contributed by atoms with Crippen LogP contribution in [0.15, 0.2) is 11.6 Å². The minimum absolute atomic E-state index is 0.470. The highest BCUT2D eigenvalue weighted by Crippen LogP contribution is 2.35. The fraction of sp³-hybridized carbons (Fsp3) is 0.727. The number of carbonyl (C=O) groups excluding carboxylic acids is 1. The molecule has 1 atom stereocenters. The van der Waals surface area contributed by atoms with E-state index < -0.39 is 0 Å².